The molecule has 4 nitrogen and oxygen atoms in total. The minimum atomic E-state index is -0.138. The van der Waals surface area contributed by atoms with Gasteiger partial charge in [-0.1, -0.05) is 5.92 Å². The van der Waals surface area contributed by atoms with Gasteiger partial charge in [0.1, 0.15) is 10.7 Å². The van der Waals surface area contributed by atoms with Crippen LogP contribution in [0.25, 0.3) is 0 Å². The van der Waals surface area contributed by atoms with Crippen molar-refractivity contribution in [2.45, 2.75) is 25.8 Å². The first kappa shape index (κ1) is 13.1. The van der Waals surface area contributed by atoms with E-state index in [1.54, 1.807) is 10.3 Å². The van der Waals surface area contributed by atoms with Gasteiger partial charge in [-0.05, 0) is 25.7 Å². The molecule has 5 heteroatoms. The van der Waals surface area contributed by atoms with E-state index < -0.39 is 0 Å². The minimum Gasteiger partial charge on any atom is -0.326 e. The molecule has 1 atom stereocenters. The van der Waals surface area contributed by atoms with Crippen molar-refractivity contribution >= 4 is 17.2 Å². The first-order valence-electron chi connectivity index (χ1n) is 6.05. The smallest absolute Gasteiger partial charge is 0.274 e. The fourth-order valence-electron chi connectivity index (χ4n) is 1.70. The number of rotatable bonds is 5. The van der Waals surface area contributed by atoms with Gasteiger partial charge in [0, 0.05) is 11.9 Å². The average Bonchev–Trinajstić information content (AvgIpc) is 3.01. The number of thiazole rings is 1. The molecule has 0 radical (unpaired) electrons. The molecule has 0 spiro atoms. The first-order valence-corrected chi connectivity index (χ1v) is 6.93. The lowest BCUT2D eigenvalue weighted by atomic mass is 10.3. The molecule has 1 aliphatic rings. The van der Waals surface area contributed by atoms with Crippen molar-refractivity contribution < 1.29 is 4.79 Å². The maximum absolute atomic E-state index is 12.3. The lowest BCUT2D eigenvalue weighted by molar-refractivity contribution is 0.0764. The maximum atomic E-state index is 12.3. The Morgan fingerprint density at radius 3 is 3.00 bits per heavy atom. The van der Waals surface area contributed by atoms with Crippen LogP contribution < -0.4 is 5.73 Å². The molecule has 0 aliphatic heterocycles. The third kappa shape index (κ3) is 3.09. The van der Waals surface area contributed by atoms with E-state index in [1.807, 2.05) is 6.92 Å². The van der Waals surface area contributed by atoms with Gasteiger partial charge in [-0.25, -0.2) is 4.98 Å². The van der Waals surface area contributed by atoms with E-state index in [0.717, 1.165) is 11.6 Å². The number of hydrogen-bond donors (Lipinski definition) is 1. The highest BCUT2D eigenvalue weighted by atomic mass is 32.1. The van der Waals surface area contributed by atoms with Gasteiger partial charge in [0.25, 0.3) is 5.91 Å². The quantitative estimate of drug-likeness (QED) is 0.822. The molecule has 1 unspecified atom stereocenters. The number of nitrogens with zero attached hydrogens (tertiary/aromatic N) is 2. The summed E-state index contributed by atoms with van der Waals surface area (Å²) in [5.74, 6) is 3.08. The number of terminal acetylenes is 1. The van der Waals surface area contributed by atoms with Crippen LogP contribution in [0.15, 0.2) is 5.38 Å². The van der Waals surface area contributed by atoms with Gasteiger partial charge in [0.05, 0.1) is 12.6 Å². The van der Waals surface area contributed by atoms with Gasteiger partial charge >= 0.3 is 0 Å². The summed E-state index contributed by atoms with van der Waals surface area (Å²) in [6.07, 6.45) is 7.70. The van der Waals surface area contributed by atoms with Gasteiger partial charge in [-0.15, -0.1) is 17.8 Å². The third-order valence-electron chi connectivity index (χ3n) is 2.88. The second-order valence-electron chi connectivity index (χ2n) is 4.69. The van der Waals surface area contributed by atoms with Crippen molar-refractivity contribution in [3.05, 3.63) is 16.1 Å². The highest BCUT2D eigenvalue weighted by Gasteiger charge is 2.27. The summed E-state index contributed by atoms with van der Waals surface area (Å²) in [7, 11) is 0. The van der Waals surface area contributed by atoms with Crippen LogP contribution in [-0.4, -0.2) is 28.9 Å². The monoisotopic (exact) mass is 263 g/mol. The Morgan fingerprint density at radius 2 is 2.50 bits per heavy atom. The molecule has 1 heterocycles. The van der Waals surface area contributed by atoms with E-state index in [4.69, 9.17) is 12.2 Å². The highest BCUT2D eigenvalue weighted by Crippen LogP contribution is 2.30. The Kier molecular flexibility index (Phi) is 4.00. The summed E-state index contributed by atoms with van der Waals surface area (Å²) in [6.45, 7) is 2.95. The molecule has 96 valence electrons. The normalized spacial score (nSPS) is 16.1. The van der Waals surface area contributed by atoms with Crippen LogP contribution in [0, 0.1) is 18.3 Å². The number of carbonyl (C=O) groups excluding carboxylic acids is 1. The number of nitrogens with two attached hydrogens (primary N) is 1. The predicted octanol–water partition coefficient (Wildman–Crippen LogP) is 1.65. The molecule has 1 amide bonds. The molecular formula is C13H17N3OS. The highest BCUT2D eigenvalue weighted by molar-refractivity contribution is 7.09. The summed E-state index contributed by atoms with van der Waals surface area (Å²) >= 11 is 1.42. The zero-order valence-corrected chi connectivity index (χ0v) is 11.2. The Hall–Kier alpha value is -1.38. The zero-order chi connectivity index (χ0) is 13.1. The van der Waals surface area contributed by atoms with Gasteiger partial charge in [-0.2, -0.15) is 0 Å². The Morgan fingerprint density at radius 1 is 1.78 bits per heavy atom. The van der Waals surface area contributed by atoms with E-state index in [0.29, 0.717) is 18.2 Å². The Balaban J connectivity index is 2.08. The topological polar surface area (TPSA) is 59.2 Å². The van der Waals surface area contributed by atoms with Gasteiger partial charge in [0.2, 0.25) is 0 Å². The third-order valence-corrected chi connectivity index (χ3v) is 3.92. The molecule has 0 aromatic carbocycles. The molecule has 1 fully saturated rings. The van der Waals surface area contributed by atoms with E-state index in [9.17, 15) is 4.79 Å². The summed E-state index contributed by atoms with van der Waals surface area (Å²) in [5, 5.41) is 2.54. The zero-order valence-electron chi connectivity index (χ0n) is 10.4. The number of hydrogen-bond acceptors (Lipinski definition) is 4. The van der Waals surface area contributed by atoms with Crippen molar-refractivity contribution in [2.75, 3.05) is 13.1 Å². The maximum Gasteiger partial charge on any atom is 0.274 e. The molecule has 2 rings (SSSR count). The number of amides is 1. The lowest BCUT2D eigenvalue weighted by Crippen LogP contribution is -2.33. The Bertz CT molecular complexity index is 471. The van der Waals surface area contributed by atoms with E-state index in [-0.39, 0.29) is 11.9 Å². The summed E-state index contributed by atoms with van der Waals surface area (Å²) in [5.41, 5.74) is 6.20. The van der Waals surface area contributed by atoms with Crippen LogP contribution in [-0.2, 0) is 0 Å². The molecule has 1 aliphatic carbocycles. The van der Waals surface area contributed by atoms with Crippen molar-refractivity contribution in [3.8, 4) is 12.3 Å². The van der Waals surface area contributed by atoms with Crippen LogP contribution in [0.3, 0.4) is 0 Å². The van der Waals surface area contributed by atoms with E-state index in [1.165, 1.54) is 24.2 Å². The summed E-state index contributed by atoms with van der Waals surface area (Å²) < 4.78 is 0. The van der Waals surface area contributed by atoms with Gasteiger partial charge < -0.3 is 10.6 Å². The molecule has 0 saturated heterocycles. The van der Waals surface area contributed by atoms with E-state index in [2.05, 4.69) is 10.9 Å². The molecular weight excluding hydrogens is 246 g/mol. The molecule has 18 heavy (non-hydrogen) atoms. The van der Waals surface area contributed by atoms with Crippen LogP contribution in [0.4, 0.5) is 0 Å². The van der Waals surface area contributed by atoms with Crippen LogP contribution in [0.1, 0.15) is 41.3 Å². The first-order chi connectivity index (χ1) is 8.61. The molecule has 0 bridgehead atoms. The van der Waals surface area contributed by atoms with Crippen molar-refractivity contribution in [1.29, 1.82) is 0 Å². The lowest BCUT2D eigenvalue weighted by Gasteiger charge is -2.18. The fourth-order valence-corrected chi connectivity index (χ4v) is 2.45. The Labute approximate surface area is 111 Å². The van der Waals surface area contributed by atoms with Crippen molar-refractivity contribution in [1.82, 2.24) is 9.88 Å². The standard InChI is InChI=1S/C13H17N3OS/c1-3-6-16(7-10-4-5-10)13(17)11-8-18-12(15-11)9(2)14/h1,8-10H,4-7,14H2,2H3. The molecule has 1 saturated carbocycles. The number of aromatic nitrogens is 1. The second kappa shape index (κ2) is 5.51. The SMILES string of the molecule is C#CCN(CC1CC1)C(=O)c1csc(C(C)N)n1. The molecule has 1 aromatic heterocycles. The van der Waals surface area contributed by atoms with Gasteiger partial charge in [-0.3, -0.25) is 4.79 Å². The summed E-state index contributed by atoms with van der Waals surface area (Å²) in [6, 6.07) is -0.138. The van der Waals surface area contributed by atoms with Crippen LogP contribution >= 0.6 is 11.3 Å². The van der Waals surface area contributed by atoms with Gasteiger partial charge in [0.15, 0.2) is 0 Å². The average molecular weight is 263 g/mol. The van der Waals surface area contributed by atoms with E-state index >= 15 is 0 Å². The van der Waals surface area contributed by atoms with Crippen LogP contribution in [0.5, 0.6) is 0 Å². The number of carbonyl (C=O) groups is 1. The predicted molar refractivity (Wildman–Crippen MR) is 72.2 cm³/mol. The van der Waals surface area contributed by atoms with Crippen LogP contribution in [0.2, 0.25) is 0 Å². The fraction of sp³-hybridized carbons (Fsp3) is 0.538. The van der Waals surface area contributed by atoms with Crippen molar-refractivity contribution in [3.63, 3.8) is 0 Å². The van der Waals surface area contributed by atoms with Crippen molar-refractivity contribution in [2.24, 2.45) is 11.7 Å². The molecule has 2 N–H and O–H groups in total. The second-order valence-corrected chi connectivity index (χ2v) is 5.58. The minimum absolute atomic E-state index is 0.0806. The molecule has 1 aromatic rings. The summed E-state index contributed by atoms with van der Waals surface area (Å²) in [4.78, 5) is 18.2. The largest absolute Gasteiger partial charge is 0.326 e.